The van der Waals surface area contributed by atoms with Crippen molar-refractivity contribution in [1.29, 1.82) is 5.26 Å². The Hall–Kier alpha value is -0.590. The highest BCUT2D eigenvalue weighted by atomic mass is 15.3. The van der Waals surface area contributed by atoms with Gasteiger partial charge in [-0.25, -0.2) is 0 Å². The van der Waals surface area contributed by atoms with Crippen LogP contribution in [0.1, 0.15) is 19.3 Å². The first-order chi connectivity index (χ1) is 5.87. The summed E-state index contributed by atoms with van der Waals surface area (Å²) in [4.78, 5) is 2.34. The van der Waals surface area contributed by atoms with Crippen LogP contribution in [0.2, 0.25) is 0 Å². The molecule has 1 spiro atoms. The normalized spacial score (nSPS) is 27.9. The summed E-state index contributed by atoms with van der Waals surface area (Å²) in [6.07, 6.45) is 3.76. The zero-order valence-electron chi connectivity index (χ0n) is 7.34. The smallest absolute Gasteiger partial charge is 0.0870 e. The van der Waals surface area contributed by atoms with Crippen LogP contribution < -0.4 is 5.32 Å². The average Bonchev–Trinajstić information content (AvgIpc) is 2.14. The van der Waals surface area contributed by atoms with Crippen molar-refractivity contribution in [3.05, 3.63) is 0 Å². The minimum absolute atomic E-state index is 0.418. The summed E-state index contributed by atoms with van der Waals surface area (Å²) in [7, 11) is 0. The second kappa shape index (κ2) is 3.04. The quantitative estimate of drug-likeness (QED) is 0.569. The Morgan fingerprint density at radius 2 is 2.08 bits per heavy atom. The van der Waals surface area contributed by atoms with Crippen molar-refractivity contribution in [2.45, 2.75) is 24.8 Å². The van der Waals surface area contributed by atoms with Crippen molar-refractivity contribution in [3.63, 3.8) is 0 Å². The van der Waals surface area contributed by atoms with Crippen molar-refractivity contribution in [1.82, 2.24) is 10.2 Å². The SMILES string of the molecule is N#CCN1CCC12CCNCC2. The lowest BCUT2D eigenvalue weighted by molar-refractivity contribution is -0.0258. The van der Waals surface area contributed by atoms with E-state index < -0.39 is 0 Å². The molecule has 0 aromatic heterocycles. The number of rotatable bonds is 1. The van der Waals surface area contributed by atoms with Crippen LogP contribution in [-0.4, -0.2) is 36.6 Å². The molecule has 0 saturated carbocycles. The van der Waals surface area contributed by atoms with E-state index in [1.54, 1.807) is 0 Å². The van der Waals surface area contributed by atoms with Crippen LogP contribution in [0, 0.1) is 11.3 Å². The van der Waals surface area contributed by atoms with Crippen molar-refractivity contribution in [2.24, 2.45) is 0 Å². The molecule has 0 aromatic rings. The standard InChI is InChI=1S/C9H15N3/c10-4-8-12-7-3-9(12)1-5-11-6-2-9/h11H,1-3,5-8H2. The molecular formula is C9H15N3. The molecule has 2 aliphatic heterocycles. The van der Waals surface area contributed by atoms with Gasteiger partial charge in [-0.2, -0.15) is 5.26 Å². The largest absolute Gasteiger partial charge is 0.317 e. The number of hydrogen-bond donors (Lipinski definition) is 1. The maximum atomic E-state index is 8.61. The first-order valence-electron chi connectivity index (χ1n) is 4.70. The molecule has 12 heavy (non-hydrogen) atoms. The molecule has 3 heteroatoms. The monoisotopic (exact) mass is 165 g/mol. The maximum absolute atomic E-state index is 8.61. The average molecular weight is 165 g/mol. The summed E-state index contributed by atoms with van der Waals surface area (Å²) in [5.74, 6) is 0. The van der Waals surface area contributed by atoms with Crippen LogP contribution in [0.15, 0.2) is 0 Å². The summed E-state index contributed by atoms with van der Waals surface area (Å²) >= 11 is 0. The fraction of sp³-hybridized carbons (Fsp3) is 0.889. The van der Waals surface area contributed by atoms with Gasteiger partial charge >= 0.3 is 0 Å². The van der Waals surface area contributed by atoms with E-state index in [0.717, 1.165) is 19.6 Å². The number of piperidine rings is 1. The lowest BCUT2D eigenvalue weighted by Gasteiger charge is -2.54. The Morgan fingerprint density at radius 1 is 1.33 bits per heavy atom. The number of nitrogens with zero attached hydrogens (tertiary/aromatic N) is 2. The number of nitrogens with one attached hydrogen (secondary N) is 1. The van der Waals surface area contributed by atoms with Gasteiger partial charge in [0.1, 0.15) is 0 Å². The second-order valence-electron chi connectivity index (χ2n) is 3.80. The molecule has 0 radical (unpaired) electrons. The lowest BCUT2D eigenvalue weighted by atomic mass is 9.77. The molecule has 2 saturated heterocycles. The van der Waals surface area contributed by atoms with E-state index in [1.165, 1.54) is 19.3 Å². The topological polar surface area (TPSA) is 39.1 Å². The summed E-state index contributed by atoms with van der Waals surface area (Å²) in [6, 6.07) is 2.25. The summed E-state index contributed by atoms with van der Waals surface area (Å²) < 4.78 is 0. The first-order valence-corrected chi connectivity index (χ1v) is 4.70. The second-order valence-corrected chi connectivity index (χ2v) is 3.80. The van der Waals surface area contributed by atoms with E-state index in [2.05, 4.69) is 16.3 Å². The van der Waals surface area contributed by atoms with E-state index in [1.807, 2.05) is 0 Å². The van der Waals surface area contributed by atoms with E-state index in [-0.39, 0.29) is 0 Å². The Bertz CT molecular complexity index is 200. The van der Waals surface area contributed by atoms with Gasteiger partial charge in [0, 0.05) is 12.1 Å². The summed E-state index contributed by atoms with van der Waals surface area (Å²) in [6.45, 7) is 4.01. The van der Waals surface area contributed by atoms with Gasteiger partial charge < -0.3 is 5.32 Å². The van der Waals surface area contributed by atoms with Crippen LogP contribution in [0.25, 0.3) is 0 Å². The Balaban J connectivity index is 1.96. The molecule has 0 aliphatic carbocycles. The highest BCUT2D eigenvalue weighted by molar-refractivity contribution is 5.04. The van der Waals surface area contributed by atoms with Crippen LogP contribution in [-0.2, 0) is 0 Å². The van der Waals surface area contributed by atoms with Crippen molar-refractivity contribution < 1.29 is 0 Å². The molecule has 0 aromatic carbocycles. The highest BCUT2D eigenvalue weighted by Crippen LogP contribution is 2.37. The van der Waals surface area contributed by atoms with Gasteiger partial charge in [0.25, 0.3) is 0 Å². The minimum atomic E-state index is 0.418. The maximum Gasteiger partial charge on any atom is 0.0870 e. The van der Waals surface area contributed by atoms with Gasteiger partial charge in [-0.1, -0.05) is 0 Å². The predicted octanol–water partition coefficient (Wildman–Crippen LogP) is 0.338. The van der Waals surface area contributed by atoms with Crippen molar-refractivity contribution in [3.8, 4) is 6.07 Å². The Morgan fingerprint density at radius 3 is 2.58 bits per heavy atom. The molecule has 66 valence electrons. The van der Waals surface area contributed by atoms with Gasteiger partial charge in [0.15, 0.2) is 0 Å². The van der Waals surface area contributed by atoms with Crippen LogP contribution in [0.5, 0.6) is 0 Å². The highest BCUT2D eigenvalue weighted by Gasteiger charge is 2.44. The molecule has 0 amide bonds. The Labute approximate surface area is 73.3 Å². The number of hydrogen-bond acceptors (Lipinski definition) is 3. The third-order valence-electron chi connectivity index (χ3n) is 3.31. The van der Waals surface area contributed by atoms with E-state index in [9.17, 15) is 0 Å². The lowest BCUT2D eigenvalue weighted by Crippen LogP contribution is -2.63. The molecule has 2 aliphatic rings. The molecule has 2 heterocycles. The van der Waals surface area contributed by atoms with Gasteiger partial charge in [-0.05, 0) is 32.4 Å². The molecule has 1 N–H and O–H groups in total. The predicted molar refractivity (Wildman–Crippen MR) is 46.6 cm³/mol. The molecule has 0 unspecified atom stereocenters. The van der Waals surface area contributed by atoms with Gasteiger partial charge in [0.2, 0.25) is 0 Å². The fourth-order valence-electron chi connectivity index (χ4n) is 2.38. The van der Waals surface area contributed by atoms with E-state index >= 15 is 0 Å². The fourth-order valence-corrected chi connectivity index (χ4v) is 2.38. The van der Waals surface area contributed by atoms with Crippen molar-refractivity contribution >= 4 is 0 Å². The zero-order chi connectivity index (χ0) is 8.44. The minimum Gasteiger partial charge on any atom is -0.317 e. The molecule has 2 fully saturated rings. The molecule has 3 nitrogen and oxygen atoms in total. The van der Waals surface area contributed by atoms with Crippen LogP contribution in [0.4, 0.5) is 0 Å². The van der Waals surface area contributed by atoms with Gasteiger partial charge in [-0.15, -0.1) is 0 Å². The number of nitriles is 1. The zero-order valence-corrected chi connectivity index (χ0v) is 7.34. The molecule has 0 atom stereocenters. The van der Waals surface area contributed by atoms with Gasteiger partial charge in [0.05, 0.1) is 12.6 Å². The van der Waals surface area contributed by atoms with Gasteiger partial charge in [-0.3, -0.25) is 4.90 Å². The Kier molecular flexibility index (Phi) is 2.03. The number of likely N-dealkylation sites (tertiary alicyclic amines) is 1. The third-order valence-corrected chi connectivity index (χ3v) is 3.31. The molecule has 0 bridgehead atoms. The third kappa shape index (κ3) is 1.12. The van der Waals surface area contributed by atoms with E-state index in [0.29, 0.717) is 12.1 Å². The first kappa shape index (κ1) is 8.03. The van der Waals surface area contributed by atoms with E-state index in [4.69, 9.17) is 5.26 Å². The van der Waals surface area contributed by atoms with Crippen LogP contribution in [0.3, 0.4) is 0 Å². The summed E-state index contributed by atoms with van der Waals surface area (Å²) in [5.41, 5.74) is 0.418. The molecular weight excluding hydrogens is 150 g/mol. The summed E-state index contributed by atoms with van der Waals surface area (Å²) in [5, 5.41) is 12.0. The molecule has 2 rings (SSSR count). The van der Waals surface area contributed by atoms with Crippen molar-refractivity contribution in [2.75, 3.05) is 26.2 Å². The van der Waals surface area contributed by atoms with Crippen LogP contribution >= 0.6 is 0 Å².